The van der Waals surface area contributed by atoms with Crippen molar-refractivity contribution in [2.24, 2.45) is 0 Å². The summed E-state index contributed by atoms with van der Waals surface area (Å²) in [6, 6.07) is 0. The molecular formula is C12H11ClFNO3. The number of aryl methyl sites for hydroxylation is 1. The van der Waals surface area contributed by atoms with Crippen LogP contribution >= 0.6 is 11.6 Å². The zero-order valence-corrected chi connectivity index (χ0v) is 10.7. The van der Waals surface area contributed by atoms with E-state index in [4.69, 9.17) is 16.1 Å². The van der Waals surface area contributed by atoms with Crippen LogP contribution in [0.5, 0.6) is 0 Å². The molecular weight excluding hydrogens is 261 g/mol. The largest absolute Gasteiger partial charge is 0.465 e. The summed E-state index contributed by atoms with van der Waals surface area (Å²) < 4.78 is 23.4. The molecule has 0 aromatic carbocycles. The summed E-state index contributed by atoms with van der Waals surface area (Å²) in [6.45, 7) is 1.56. The molecule has 4 nitrogen and oxygen atoms in total. The number of esters is 1. The van der Waals surface area contributed by atoms with Crippen LogP contribution in [0.3, 0.4) is 0 Å². The van der Waals surface area contributed by atoms with Gasteiger partial charge < -0.3 is 9.26 Å². The number of hydrogen-bond acceptors (Lipinski definition) is 4. The average Bonchev–Trinajstić information content (AvgIpc) is 2.70. The zero-order chi connectivity index (χ0) is 13.3. The summed E-state index contributed by atoms with van der Waals surface area (Å²) in [6.07, 6.45) is 2.45. The summed E-state index contributed by atoms with van der Waals surface area (Å²) in [5.41, 5.74) is 0.314. The highest BCUT2D eigenvalue weighted by molar-refractivity contribution is 6.33. The van der Waals surface area contributed by atoms with Crippen molar-refractivity contribution in [2.45, 2.75) is 19.8 Å². The standard InChI is InChI=1S/C12H11ClFNO3/c1-6-9(12(16)17-2)11(15-18-6)10-7(13)4-3-5-8(10)14/h5H,3-4H2,1-2H3. The Morgan fingerprint density at radius 1 is 1.61 bits per heavy atom. The van der Waals surface area contributed by atoms with E-state index in [1.807, 2.05) is 0 Å². The molecule has 0 saturated heterocycles. The van der Waals surface area contributed by atoms with Crippen LogP contribution in [0.2, 0.25) is 0 Å². The Bertz CT molecular complexity index is 560. The minimum absolute atomic E-state index is 0.0952. The number of rotatable bonds is 2. The molecule has 0 amide bonds. The molecule has 2 rings (SSSR count). The van der Waals surface area contributed by atoms with Gasteiger partial charge >= 0.3 is 5.97 Å². The van der Waals surface area contributed by atoms with E-state index in [-0.39, 0.29) is 22.6 Å². The summed E-state index contributed by atoms with van der Waals surface area (Å²) in [4.78, 5) is 11.6. The van der Waals surface area contributed by atoms with Crippen molar-refractivity contribution >= 4 is 23.1 Å². The molecule has 0 spiro atoms. The van der Waals surface area contributed by atoms with Crippen LogP contribution < -0.4 is 0 Å². The predicted octanol–water partition coefficient (Wildman–Crippen LogP) is 3.37. The van der Waals surface area contributed by atoms with E-state index in [0.717, 1.165) is 0 Å². The van der Waals surface area contributed by atoms with Crippen molar-refractivity contribution in [1.82, 2.24) is 5.16 Å². The van der Waals surface area contributed by atoms with Crippen molar-refractivity contribution in [1.29, 1.82) is 0 Å². The van der Waals surface area contributed by atoms with E-state index in [1.54, 1.807) is 6.92 Å². The Labute approximate surface area is 108 Å². The molecule has 0 radical (unpaired) electrons. The maximum atomic E-state index is 13.8. The predicted molar refractivity (Wildman–Crippen MR) is 63.8 cm³/mol. The van der Waals surface area contributed by atoms with Gasteiger partial charge in [-0.05, 0) is 25.8 Å². The SMILES string of the molecule is COC(=O)c1c(C2=C(Cl)CCC=C2F)noc1C. The Morgan fingerprint density at radius 3 is 2.94 bits per heavy atom. The fraction of sp³-hybridized carbons (Fsp3) is 0.333. The van der Waals surface area contributed by atoms with E-state index in [9.17, 15) is 9.18 Å². The van der Waals surface area contributed by atoms with Crippen LogP contribution in [0.4, 0.5) is 4.39 Å². The molecule has 1 aromatic rings. The number of aromatic nitrogens is 1. The topological polar surface area (TPSA) is 52.3 Å². The van der Waals surface area contributed by atoms with Gasteiger partial charge in [0, 0.05) is 5.03 Å². The van der Waals surface area contributed by atoms with Crippen molar-refractivity contribution in [3.05, 3.63) is 34.0 Å². The maximum Gasteiger partial charge on any atom is 0.343 e. The molecule has 0 fully saturated rings. The number of hydrogen-bond donors (Lipinski definition) is 0. The third-order valence-corrected chi connectivity index (χ3v) is 3.06. The highest BCUT2D eigenvalue weighted by atomic mass is 35.5. The molecule has 18 heavy (non-hydrogen) atoms. The first kappa shape index (κ1) is 12.8. The van der Waals surface area contributed by atoms with Gasteiger partial charge in [-0.2, -0.15) is 0 Å². The fourth-order valence-electron chi connectivity index (χ4n) is 1.81. The Kier molecular flexibility index (Phi) is 3.52. The first-order valence-electron chi connectivity index (χ1n) is 5.36. The maximum absolute atomic E-state index is 13.8. The lowest BCUT2D eigenvalue weighted by molar-refractivity contribution is 0.0598. The molecule has 1 aliphatic rings. The van der Waals surface area contributed by atoms with E-state index in [0.29, 0.717) is 17.9 Å². The van der Waals surface area contributed by atoms with Crippen molar-refractivity contribution in [3.8, 4) is 0 Å². The normalized spacial score (nSPS) is 15.7. The Hall–Kier alpha value is -1.62. The molecule has 6 heteroatoms. The monoisotopic (exact) mass is 271 g/mol. The van der Waals surface area contributed by atoms with Gasteiger partial charge in [-0.1, -0.05) is 16.8 Å². The molecule has 0 saturated carbocycles. The zero-order valence-electron chi connectivity index (χ0n) is 9.92. The fourth-order valence-corrected chi connectivity index (χ4v) is 2.10. The van der Waals surface area contributed by atoms with Gasteiger partial charge in [-0.3, -0.25) is 0 Å². The van der Waals surface area contributed by atoms with Crippen molar-refractivity contribution in [3.63, 3.8) is 0 Å². The second kappa shape index (κ2) is 4.94. The van der Waals surface area contributed by atoms with Gasteiger partial charge in [0.05, 0.1) is 12.7 Å². The third-order valence-electron chi connectivity index (χ3n) is 2.69. The number of ether oxygens (including phenoxy) is 1. The molecule has 0 N–H and O–H groups in total. The molecule has 96 valence electrons. The van der Waals surface area contributed by atoms with Gasteiger partial charge in [0.25, 0.3) is 0 Å². The lowest BCUT2D eigenvalue weighted by Crippen LogP contribution is -2.07. The summed E-state index contributed by atoms with van der Waals surface area (Å²) in [5.74, 6) is -0.851. The van der Waals surface area contributed by atoms with Gasteiger partial charge in [0.2, 0.25) is 0 Å². The van der Waals surface area contributed by atoms with Crippen molar-refractivity contribution in [2.75, 3.05) is 7.11 Å². The number of allylic oxidation sites excluding steroid dienone is 4. The van der Waals surface area contributed by atoms with E-state index >= 15 is 0 Å². The van der Waals surface area contributed by atoms with Crippen LogP contribution in [-0.2, 0) is 4.74 Å². The molecule has 1 heterocycles. The number of carbonyl (C=O) groups is 1. The van der Waals surface area contributed by atoms with Gasteiger partial charge in [-0.25, -0.2) is 9.18 Å². The molecule has 0 bridgehead atoms. The highest BCUT2D eigenvalue weighted by Crippen LogP contribution is 2.37. The number of methoxy groups -OCH3 is 1. The van der Waals surface area contributed by atoms with E-state index < -0.39 is 11.8 Å². The van der Waals surface area contributed by atoms with Crippen LogP contribution in [-0.4, -0.2) is 18.2 Å². The molecule has 0 atom stereocenters. The Balaban J connectivity index is 2.59. The van der Waals surface area contributed by atoms with Crippen LogP contribution in [0, 0.1) is 6.92 Å². The van der Waals surface area contributed by atoms with E-state index in [1.165, 1.54) is 13.2 Å². The second-order valence-electron chi connectivity index (χ2n) is 3.82. The molecule has 1 aromatic heterocycles. The molecule has 1 aliphatic carbocycles. The minimum atomic E-state index is -0.626. The van der Waals surface area contributed by atoms with Gasteiger partial charge in [-0.15, -0.1) is 0 Å². The molecule has 0 unspecified atom stereocenters. The summed E-state index contributed by atoms with van der Waals surface area (Å²) >= 11 is 6.01. The third kappa shape index (κ3) is 2.06. The summed E-state index contributed by atoms with van der Waals surface area (Å²) in [5, 5.41) is 4.04. The van der Waals surface area contributed by atoms with Crippen molar-refractivity contribution < 1.29 is 18.4 Å². The molecule has 0 aliphatic heterocycles. The Morgan fingerprint density at radius 2 is 2.33 bits per heavy atom. The second-order valence-corrected chi connectivity index (χ2v) is 4.28. The van der Waals surface area contributed by atoms with Crippen LogP contribution in [0.25, 0.3) is 5.57 Å². The highest BCUT2D eigenvalue weighted by Gasteiger charge is 2.28. The quantitative estimate of drug-likeness (QED) is 0.774. The average molecular weight is 272 g/mol. The van der Waals surface area contributed by atoms with E-state index in [2.05, 4.69) is 9.89 Å². The smallest absolute Gasteiger partial charge is 0.343 e. The first-order valence-corrected chi connectivity index (χ1v) is 5.73. The minimum Gasteiger partial charge on any atom is -0.465 e. The van der Waals surface area contributed by atoms with Gasteiger partial charge in [0.15, 0.2) is 0 Å². The lowest BCUT2D eigenvalue weighted by Gasteiger charge is -2.11. The number of carbonyl (C=O) groups excluding carboxylic acids is 1. The number of halogens is 2. The summed E-state index contributed by atoms with van der Waals surface area (Å²) in [7, 11) is 1.24. The number of nitrogens with zero attached hydrogens (tertiary/aromatic N) is 1. The van der Waals surface area contributed by atoms with Gasteiger partial charge in [0.1, 0.15) is 22.8 Å². The van der Waals surface area contributed by atoms with Crippen LogP contribution in [0.1, 0.15) is 34.7 Å². The lowest BCUT2D eigenvalue weighted by atomic mass is 9.99. The van der Waals surface area contributed by atoms with Crippen LogP contribution in [0.15, 0.2) is 21.5 Å². The first-order chi connectivity index (χ1) is 8.56.